The number of benzene rings is 1. The van der Waals surface area contributed by atoms with Crippen molar-refractivity contribution in [2.24, 2.45) is 0 Å². The van der Waals surface area contributed by atoms with Gasteiger partial charge in [-0.2, -0.15) is 0 Å². The standard InChI is InChI=1S/C12H10N4O3/c1-2-18-12(17)14-11-10-9-6-4-3-5-8(9)7-13-16(10)15-19-11/h3-7H,2H2,1H3/p+1. The van der Waals surface area contributed by atoms with Gasteiger partial charge in [0.1, 0.15) is 10.8 Å². The highest BCUT2D eigenvalue weighted by molar-refractivity contribution is 6.00. The number of nitrogens with one attached hydrogen (secondary N) is 1. The normalized spacial score (nSPS) is 10.8. The molecule has 0 fully saturated rings. The third-order valence-corrected chi connectivity index (χ3v) is 2.64. The Balaban J connectivity index is 2.15. The predicted molar refractivity (Wildman–Crippen MR) is 65.6 cm³/mol. The Morgan fingerprint density at radius 2 is 2.32 bits per heavy atom. The first kappa shape index (κ1) is 11.4. The minimum absolute atomic E-state index is 0.211. The van der Waals surface area contributed by atoms with Crippen LogP contribution in [0.5, 0.6) is 0 Å². The Morgan fingerprint density at radius 3 is 3.16 bits per heavy atom. The van der Waals surface area contributed by atoms with Crippen LogP contribution in [0.2, 0.25) is 0 Å². The molecule has 0 saturated carbocycles. The van der Waals surface area contributed by atoms with Crippen molar-refractivity contribution in [1.82, 2.24) is 10.4 Å². The van der Waals surface area contributed by atoms with Crippen LogP contribution in [-0.4, -0.2) is 23.1 Å². The van der Waals surface area contributed by atoms with E-state index in [4.69, 9.17) is 9.26 Å². The molecule has 0 aliphatic rings. The Bertz CT molecular complexity index is 753. The van der Waals surface area contributed by atoms with Crippen LogP contribution in [-0.2, 0) is 4.74 Å². The zero-order valence-electron chi connectivity index (χ0n) is 10.2. The van der Waals surface area contributed by atoms with E-state index in [2.05, 4.69) is 15.7 Å². The summed E-state index contributed by atoms with van der Waals surface area (Å²) >= 11 is 0. The minimum atomic E-state index is -0.589. The molecule has 2 heterocycles. The van der Waals surface area contributed by atoms with Gasteiger partial charge in [-0.3, -0.25) is 9.84 Å². The summed E-state index contributed by atoms with van der Waals surface area (Å²) in [4.78, 5) is 11.4. The maximum atomic E-state index is 11.4. The largest absolute Gasteiger partial charge is 0.450 e. The lowest BCUT2D eigenvalue weighted by atomic mass is 10.2. The summed E-state index contributed by atoms with van der Waals surface area (Å²) < 4.78 is 11.2. The Hall–Kier alpha value is -2.70. The van der Waals surface area contributed by atoms with Gasteiger partial charge < -0.3 is 4.74 Å². The maximum absolute atomic E-state index is 11.4. The highest BCUT2D eigenvalue weighted by Gasteiger charge is 2.23. The van der Waals surface area contributed by atoms with Gasteiger partial charge in [0.2, 0.25) is 5.27 Å². The number of hydrogen-bond acceptors (Lipinski definition) is 5. The molecule has 0 aliphatic heterocycles. The molecule has 7 heteroatoms. The van der Waals surface area contributed by atoms with E-state index >= 15 is 0 Å². The quantitative estimate of drug-likeness (QED) is 0.706. The highest BCUT2D eigenvalue weighted by Crippen LogP contribution is 2.21. The maximum Gasteiger partial charge on any atom is 0.414 e. The van der Waals surface area contributed by atoms with E-state index in [1.54, 1.807) is 13.1 Å². The van der Waals surface area contributed by atoms with Crippen LogP contribution in [0.25, 0.3) is 16.3 Å². The zero-order valence-corrected chi connectivity index (χ0v) is 10.2. The van der Waals surface area contributed by atoms with Crippen molar-refractivity contribution in [2.45, 2.75) is 6.92 Å². The molecule has 3 aromatic rings. The predicted octanol–water partition coefficient (Wildman–Crippen LogP) is 1.53. The minimum Gasteiger partial charge on any atom is -0.450 e. The monoisotopic (exact) mass is 259 g/mol. The molecular weight excluding hydrogens is 248 g/mol. The number of anilines is 1. The van der Waals surface area contributed by atoms with Crippen molar-refractivity contribution in [3.05, 3.63) is 30.5 Å². The van der Waals surface area contributed by atoms with E-state index in [0.29, 0.717) is 5.52 Å². The number of aromatic nitrogens is 3. The van der Waals surface area contributed by atoms with Crippen molar-refractivity contribution in [2.75, 3.05) is 11.9 Å². The number of fused-ring (bicyclic) bond motifs is 3. The summed E-state index contributed by atoms with van der Waals surface area (Å²) in [5, 5.41) is 12.2. The molecule has 0 saturated heterocycles. The van der Waals surface area contributed by atoms with Crippen LogP contribution in [0.3, 0.4) is 0 Å². The average Bonchev–Trinajstić information content (AvgIpc) is 2.82. The number of hydrogen-bond donors (Lipinski definition) is 1. The summed E-state index contributed by atoms with van der Waals surface area (Å²) in [5.41, 5.74) is 0.589. The number of rotatable bonds is 2. The highest BCUT2D eigenvalue weighted by atomic mass is 16.6. The number of amides is 1. The number of ether oxygens (including phenoxy) is 1. The molecule has 96 valence electrons. The number of carbonyl (C=O) groups excluding carboxylic acids is 1. The molecule has 0 aliphatic carbocycles. The molecule has 1 N–H and O–H groups in total. The number of nitrogens with zero attached hydrogens (tertiary/aromatic N) is 3. The van der Waals surface area contributed by atoms with E-state index < -0.39 is 6.09 Å². The van der Waals surface area contributed by atoms with E-state index in [1.165, 1.54) is 4.63 Å². The first-order valence-corrected chi connectivity index (χ1v) is 5.79. The van der Waals surface area contributed by atoms with E-state index in [1.807, 2.05) is 24.3 Å². The van der Waals surface area contributed by atoms with Gasteiger partial charge in [0.25, 0.3) is 0 Å². The third kappa shape index (κ3) is 1.95. The van der Waals surface area contributed by atoms with Gasteiger partial charge in [0, 0.05) is 10.5 Å². The average molecular weight is 259 g/mol. The molecule has 0 radical (unpaired) electrons. The Kier molecular flexibility index (Phi) is 2.71. The molecule has 0 unspecified atom stereocenters. The molecule has 2 aromatic heterocycles. The Morgan fingerprint density at radius 1 is 1.47 bits per heavy atom. The van der Waals surface area contributed by atoms with Crippen molar-refractivity contribution in [3.8, 4) is 0 Å². The van der Waals surface area contributed by atoms with Gasteiger partial charge >= 0.3 is 17.5 Å². The summed E-state index contributed by atoms with van der Waals surface area (Å²) in [5.74, 6) is 0.211. The van der Waals surface area contributed by atoms with Crippen molar-refractivity contribution in [3.63, 3.8) is 0 Å². The second-order valence-corrected chi connectivity index (χ2v) is 3.82. The van der Waals surface area contributed by atoms with Crippen LogP contribution in [0.1, 0.15) is 6.92 Å². The van der Waals surface area contributed by atoms with E-state index in [0.717, 1.165) is 10.8 Å². The fraction of sp³-hybridized carbons (Fsp3) is 0.167. The lowest BCUT2D eigenvalue weighted by Crippen LogP contribution is -2.27. The summed E-state index contributed by atoms with van der Waals surface area (Å²) in [6.07, 6.45) is 1.09. The topological polar surface area (TPSA) is 81.3 Å². The molecule has 0 spiro atoms. The zero-order chi connectivity index (χ0) is 13.2. The Labute approximate surface area is 107 Å². The van der Waals surface area contributed by atoms with Gasteiger partial charge in [0.15, 0.2) is 0 Å². The molecule has 0 bridgehead atoms. The van der Waals surface area contributed by atoms with E-state index in [9.17, 15) is 4.79 Å². The van der Waals surface area contributed by atoms with Gasteiger partial charge in [-0.05, 0) is 13.0 Å². The molecule has 0 atom stereocenters. The van der Waals surface area contributed by atoms with Crippen LogP contribution in [0, 0.1) is 0 Å². The van der Waals surface area contributed by atoms with Crippen molar-refractivity contribution < 1.29 is 18.7 Å². The van der Waals surface area contributed by atoms with Crippen LogP contribution in [0.4, 0.5) is 10.7 Å². The second-order valence-electron chi connectivity index (χ2n) is 3.82. The summed E-state index contributed by atoms with van der Waals surface area (Å²) in [7, 11) is 0. The van der Waals surface area contributed by atoms with Crippen LogP contribution >= 0.6 is 0 Å². The van der Waals surface area contributed by atoms with Gasteiger partial charge in [-0.25, -0.2) is 4.79 Å². The summed E-state index contributed by atoms with van der Waals surface area (Å²) in [6.45, 7) is 2.01. The van der Waals surface area contributed by atoms with Gasteiger partial charge in [-0.1, -0.05) is 18.2 Å². The fourth-order valence-electron chi connectivity index (χ4n) is 1.85. The van der Waals surface area contributed by atoms with Gasteiger partial charge in [-0.15, -0.1) is 0 Å². The van der Waals surface area contributed by atoms with Gasteiger partial charge in [0.05, 0.1) is 12.0 Å². The molecule has 1 amide bonds. The third-order valence-electron chi connectivity index (χ3n) is 2.64. The smallest absolute Gasteiger partial charge is 0.414 e. The molecule has 19 heavy (non-hydrogen) atoms. The fourth-order valence-corrected chi connectivity index (χ4v) is 1.85. The molecule has 7 nitrogen and oxygen atoms in total. The lowest BCUT2D eigenvalue weighted by Gasteiger charge is -1.99. The van der Waals surface area contributed by atoms with E-state index in [-0.39, 0.29) is 12.5 Å². The molecule has 3 rings (SSSR count). The first-order valence-electron chi connectivity index (χ1n) is 5.79. The van der Waals surface area contributed by atoms with Crippen molar-refractivity contribution in [1.29, 1.82) is 0 Å². The SMILES string of the molecule is CCOC(=O)Nc1on[n+]2ncc3ccccc3c12. The molecular formula is C12H11N4O3+. The number of carbonyl (C=O) groups is 1. The van der Waals surface area contributed by atoms with Crippen molar-refractivity contribution >= 4 is 28.3 Å². The first-order chi connectivity index (χ1) is 9.29. The van der Waals surface area contributed by atoms with Crippen LogP contribution < -0.4 is 9.95 Å². The second kappa shape index (κ2) is 4.52. The molecule has 1 aromatic carbocycles. The lowest BCUT2D eigenvalue weighted by molar-refractivity contribution is -0.655. The summed E-state index contributed by atoms with van der Waals surface area (Å²) in [6, 6.07) is 7.62. The van der Waals surface area contributed by atoms with Crippen LogP contribution in [0.15, 0.2) is 35.0 Å².